The zero-order valence-corrected chi connectivity index (χ0v) is 14.4. The molecule has 2 aromatic rings. The van der Waals surface area contributed by atoms with Gasteiger partial charge in [-0.1, -0.05) is 36.4 Å². The van der Waals surface area contributed by atoms with Crippen molar-refractivity contribution in [3.63, 3.8) is 0 Å². The number of aryl methyl sites for hydroxylation is 1. The van der Waals surface area contributed by atoms with Crippen LogP contribution in [-0.4, -0.2) is 35.0 Å². The molecule has 130 valence electrons. The zero-order chi connectivity index (χ0) is 18.0. The molecule has 2 aromatic carbocycles. The van der Waals surface area contributed by atoms with Gasteiger partial charge in [-0.25, -0.2) is 4.79 Å². The van der Waals surface area contributed by atoms with E-state index in [4.69, 9.17) is 4.74 Å². The Morgan fingerprint density at radius 2 is 1.92 bits per heavy atom. The van der Waals surface area contributed by atoms with Crippen molar-refractivity contribution >= 4 is 11.9 Å². The molecule has 1 amide bonds. The van der Waals surface area contributed by atoms with Crippen molar-refractivity contribution in [1.82, 2.24) is 4.90 Å². The number of hydrogen-bond acceptors (Lipinski definition) is 3. The third-order valence-corrected chi connectivity index (χ3v) is 4.68. The van der Waals surface area contributed by atoms with Crippen molar-refractivity contribution < 1.29 is 19.4 Å². The Bertz CT molecular complexity index is 815. The molecule has 1 atom stereocenters. The van der Waals surface area contributed by atoms with E-state index < -0.39 is 12.0 Å². The van der Waals surface area contributed by atoms with Crippen LogP contribution in [0.25, 0.3) is 0 Å². The highest BCUT2D eigenvalue weighted by molar-refractivity contribution is 5.86. The molecule has 25 heavy (non-hydrogen) atoms. The lowest BCUT2D eigenvalue weighted by molar-refractivity contribution is -0.151. The van der Waals surface area contributed by atoms with Crippen LogP contribution in [-0.2, 0) is 29.0 Å². The number of fused-ring (bicyclic) bond motifs is 1. The Morgan fingerprint density at radius 1 is 1.20 bits per heavy atom. The van der Waals surface area contributed by atoms with Crippen LogP contribution in [0.1, 0.15) is 22.3 Å². The third-order valence-electron chi connectivity index (χ3n) is 4.68. The first-order valence-corrected chi connectivity index (χ1v) is 8.22. The minimum Gasteiger partial charge on any atom is -0.496 e. The van der Waals surface area contributed by atoms with Crippen molar-refractivity contribution in [3.8, 4) is 5.75 Å². The first-order valence-electron chi connectivity index (χ1n) is 8.22. The van der Waals surface area contributed by atoms with Gasteiger partial charge in [-0.3, -0.25) is 4.79 Å². The van der Waals surface area contributed by atoms with Gasteiger partial charge in [0, 0.05) is 13.0 Å². The summed E-state index contributed by atoms with van der Waals surface area (Å²) in [5, 5.41) is 9.55. The number of carbonyl (C=O) groups excluding carboxylic acids is 1. The minimum atomic E-state index is -0.968. The van der Waals surface area contributed by atoms with Crippen molar-refractivity contribution in [2.75, 3.05) is 7.11 Å². The molecule has 1 N–H and O–H groups in total. The molecule has 0 saturated carbocycles. The lowest BCUT2D eigenvalue weighted by Crippen LogP contribution is -2.49. The maximum Gasteiger partial charge on any atom is 0.326 e. The minimum absolute atomic E-state index is 0.155. The van der Waals surface area contributed by atoms with Gasteiger partial charge in [-0.15, -0.1) is 0 Å². The molecule has 0 saturated heterocycles. The fraction of sp³-hybridized carbons (Fsp3) is 0.300. The van der Waals surface area contributed by atoms with Crippen molar-refractivity contribution in [3.05, 3.63) is 64.7 Å². The summed E-state index contributed by atoms with van der Waals surface area (Å²) in [5.74, 6) is -0.429. The summed E-state index contributed by atoms with van der Waals surface area (Å²) in [5.41, 5.74) is 3.82. The van der Waals surface area contributed by atoms with Gasteiger partial charge >= 0.3 is 5.97 Å². The number of nitrogens with zero attached hydrogens (tertiary/aromatic N) is 1. The van der Waals surface area contributed by atoms with Crippen LogP contribution in [0.3, 0.4) is 0 Å². The lowest BCUT2D eigenvalue weighted by Gasteiger charge is -2.34. The summed E-state index contributed by atoms with van der Waals surface area (Å²) in [4.78, 5) is 25.9. The first-order chi connectivity index (χ1) is 12.0. The monoisotopic (exact) mass is 339 g/mol. The molecular formula is C20H21NO4. The van der Waals surface area contributed by atoms with Crippen LogP contribution >= 0.6 is 0 Å². The number of ether oxygens (including phenoxy) is 1. The molecular weight excluding hydrogens is 318 g/mol. The van der Waals surface area contributed by atoms with E-state index in [0.29, 0.717) is 13.0 Å². The molecule has 0 bridgehead atoms. The van der Waals surface area contributed by atoms with Gasteiger partial charge in [0.05, 0.1) is 13.5 Å². The number of carbonyl (C=O) groups is 2. The predicted molar refractivity (Wildman–Crippen MR) is 93.6 cm³/mol. The van der Waals surface area contributed by atoms with E-state index in [0.717, 1.165) is 28.0 Å². The maximum atomic E-state index is 12.8. The highest BCUT2D eigenvalue weighted by Crippen LogP contribution is 2.25. The van der Waals surface area contributed by atoms with Gasteiger partial charge in [0.1, 0.15) is 11.8 Å². The maximum absolute atomic E-state index is 12.8. The second kappa shape index (κ2) is 6.97. The fourth-order valence-corrected chi connectivity index (χ4v) is 3.26. The Hall–Kier alpha value is -2.82. The second-order valence-corrected chi connectivity index (χ2v) is 6.33. The summed E-state index contributed by atoms with van der Waals surface area (Å²) in [7, 11) is 1.59. The number of carboxylic acid groups (broad SMARTS) is 1. The fourth-order valence-electron chi connectivity index (χ4n) is 3.26. The van der Waals surface area contributed by atoms with Crippen molar-refractivity contribution in [2.45, 2.75) is 32.4 Å². The van der Waals surface area contributed by atoms with Crippen LogP contribution in [0.15, 0.2) is 42.5 Å². The van der Waals surface area contributed by atoms with Crippen LogP contribution in [0.2, 0.25) is 0 Å². The quantitative estimate of drug-likeness (QED) is 0.930. The molecule has 0 aromatic heterocycles. The molecule has 5 heteroatoms. The van der Waals surface area contributed by atoms with Gasteiger partial charge in [-0.2, -0.15) is 0 Å². The number of carboxylic acids is 1. The average Bonchev–Trinajstić information content (AvgIpc) is 2.62. The molecule has 5 nitrogen and oxygen atoms in total. The molecule has 0 spiro atoms. The van der Waals surface area contributed by atoms with Crippen LogP contribution in [0, 0.1) is 6.92 Å². The number of hydrogen-bond donors (Lipinski definition) is 1. The van der Waals surface area contributed by atoms with Crippen LogP contribution < -0.4 is 4.74 Å². The molecule has 0 radical (unpaired) electrons. The Kier molecular flexibility index (Phi) is 4.74. The number of rotatable bonds is 4. The molecule has 0 aliphatic carbocycles. The van der Waals surface area contributed by atoms with E-state index in [2.05, 4.69) is 0 Å². The smallest absolute Gasteiger partial charge is 0.326 e. The molecule has 3 rings (SSSR count). The summed E-state index contributed by atoms with van der Waals surface area (Å²) < 4.78 is 5.30. The number of aliphatic carboxylic acids is 1. The molecule has 1 heterocycles. The molecule has 1 aliphatic rings. The van der Waals surface area contributed by atoms with E-state index in [1.54, 1.807) is 7.11 Å². The topological polar surface area (TPSA) is 66.8 Å². The Balaban J connectivity index is 1.83. The summed E-state index contributed by atoms with van der Waals surface area (Å²) in [6.45, 7) is 2.27. The van der Waals surface area contributed by atoms with E-state index in [1.165, 1.54) is 4.90 Å². The standard InChI is InChI=1S/C20H21NO4/c1-13-7-8-14(9-18(13)25-2)10-19(22)21-12-16-6-4-3-5-15(16)11-17(21)20(23)24/h3-9,17H,10-12H2,1-2H3,(H,23,24). The number of benzene rings is 2. The SMILES string of the molecule is COc1cc(CC(=O)N2Cc3ccccc3CC2C(=O)O)ccc1C. The lowest BCUT2D eigenvalue weighted by atomic mass is 9.93. The normalized spacial score (nSPS) is 16.2. The van der Waals surface area contributed by atoms with E-state index in [9.17, 15) is 14.7 Å². The zero-order valence-electron chi connectivity index (χ0n) is 14.4. The summed E-state index contributed by atoms with van der Waals surface area (Å²) in [6.07, 6.45) is 0.497. The largest absolute Gasteiger partial charge is 0.496 e. The molecule has 1 aliphatic heterocycles. The highest BCUT2D eigenvalue weighted by atomic mass is 16.5. The van der Waals surface area contributed by atoms with Crippen LogP contribution in [0.5, 0.6) is 5.75 Å². The highest BCUT2D eigenvalue weighted by Gasteiger charge is 2.34. The van der Waals surface area contributed by atoms with Gasteiger partial charge < -0.3 is 14.7 Å². The van der Waals surface area contributed by atoms with Gasteiger partial charge in [0.2, 0.25) is 5.91 Å². The predicted octanol–water partition coefficient (Wildman–Crippen LogP) is 2.58. The van der Waals surface area contributed by atoms with E-state index in [-0.39, 0.29) is 12.3 Å². The number of amides is 1. The van der Waals surface area contributed by atoms with Gasteiger partial charge in [0.25, 0.3) is 0 Å². The third kappa shape index (κ3) is 3.50. The van der Waals surface area contributed by atoms with Crippen molar-refractivity contribution in [1.29, 1.82) is 0 Å². The number of methoxy groups -OCH3 is 1. The summed E-state index contributed by atoms with van der Waals surface area (Å²) in [6, 6.07) is 12.5. The van der Waals surface area contributed by atoms with Crippen LogP contribution in [0.4, 0.5) is 0 Å². The second-order valence-electron chi connectivity index (χ2n) is 6.33. The Labute approximate surface area is 146 Å². The average molecular weight is 339 g/mol. The van der Waals surface area contributed by atoms with E-state index in [1.807, 2.05) is 49.4 Å². The summed E-state index contributed by atoms with van der Waals surface area (Å²) >= 11 is 0. The molecule has 1 unspecified atom stereocenters. The Morgan fingerprint density at radius 3 is 2.60 bits per heavy atom. The van der Waals surface area contributed by atoms with Gasteiger partial charge in [-0.05, 0) is 35.2 Å². The van der Waals surface area contributed by atoms with E-state index >= 15 is 0 Å². The first kappa shape index (κ1) is 17.0. The van der Waals surface area contributed by atoms with Crippen molar-refractivity contribution in [2.24, 2.45) is 0 Å². The molecule has 0 fully saturated rings. The van der Waals surface area contributed by atoms with Gasteiger partial charge in [0.15, 0.2) is 0 Å².